The molecule has 5 heterocycles. The van der Waals surface area contributed by atoms with Crippen molar-refractivity contribution in [3.05, 3.63) is 91.0 Å². The number of rotatable bonds is 1. The third-order valence-electron chi connectivity index (χ3n) is 7.80. The van der Waals surface area contributed by atoms with E-state index in [4.69, 9.17) is 40.6 Å². The van der Waals surface area contributed by atoms with Gasteiger partial charge in [0.15, 0.2) is 23.3 Å². The summed E-state index contributed by atoms with van der Waals surface area (Å²) in [7, 11) is 1.78. The number of hydrogen-bond acceptors (Lipinski definition) is 8. The van der Waals surface area contributed by atoms with Gasteiger partial charge in [0, 0.05) is 74.0 Å². The molecule has 7 aromatic rings. The first-order valence-electron chi connectivity index (χ1n) is 13.6. The van der Waals surface area contributed by atoms with Gasteiger partial charge in [-0.1, -0.05) is 84.9 Å². The predicted molar refractivity (Wildman–Crippen MR) is 169 cm³/mol. The molecule has 0 atom stereocenters. The Morgan fingerprint density at radius 3 is 1.31 bits per heavy atom. The second-order valence-electron chi connectivity index (χ2n) is 10.4. The maximum absolute atomic E-state index is 12.7. The summed E-state index contributed by atoms with van der Waals surface area (Å²) in [6.07, 6.45) is 0. The Morgan fingerprint density at radius 1 is 0.467 bits per heavy atom. The summed E-state index contributed by atoms with van der Waals surface area (Å²) < 4.78 is 25.5. The smallest absolute Gasteiger partial charge is 0.262 e. The van der Waals surface area contributed by atoms with E-state index in [0.717, 1.165) is 33.0 Å². The van der Waals surface area contributed by atoms with Crippen molar-refractivity contribution < 1.29 is 27.9 Å². The average molecular weight is 678 g/mol. The van der Waals surface area contributed by atoms with Gasteiger partial charge in [0.2, 0.25) is 0 Å². The fraction of sp³-hybridized carbons (Fsp3) is 0. The molecular weight excluding hydrogens is 661 g/mol. The molecule has 2 aliphatic rings. The molecule has 3 aromatic heterocycles. The Kier molecular flexibility index (Phi) is 6.18. The van der Waals surface area contributed by atoms with E-state index in [0.29, 0.717) is 51.0 Å². The van der Waals surface area contributed by atoms with Gasteiger partial charge in [-0.05, 0) is 6.07 Å². The molecule has 45 heavy (non-hydrogen) atoms. The molecule has 212 valence electrons. The average Bonchev–Trinajstić information content (AvgIpc) is 3.76. The molecule has 0 saturated carbocycles. The molecule has 10 nitrogen and oxygen atoms in total. The van der Waals surface area contributed by atoms with E-state index in [2.05, 4.69) is 9.97 Å². The SMILES string of the molecule is O=S(=O)(Cl)c1cccc2c3nc4nc(nc5[nH]c(nc6nc(nc([nH]3)c12)-c1ccccc1-6)c1ccccc51)-c1ccccc1-4.[Zn]. The van der Waals surface area contributed by atoms with Crippen LogP contribution in [0, 0.1) is 0 Å². The van der Waals surface area contributed by atoms with Gasteiger partial charge in [-0.25, -0.2) is 38.3 Å². The van der Waals surface area contributed by atoms with Crippen molar-refractivity contribution in [3.63, 3.8) is 0 Å². The molecule has 2 aliphatic heterocycles. The fourth-order valence-electron chi connectivity index (χ4n) is 5.86. The van der Waals surface area contributed by atoms with Crippen molar-refractivity contribution in [1.29, 1.82) is 0 Å². The third kappa shape index (κ3) is 4.28. The normalized spacial score (nSPS) is 12.1. The van der Waals surface area contributed by atoms with E-state index in [1.54, 1.807) is 12.1 Å². The molecule has 2 N–H and O–H groups in total. The second kappa shape index (κ2) is 10.1. The first-order chi connectivity index (χ1) is 21.4. The molecule has 0 spiro atoms. The molecule has 0 fully saturated rings. The Bertz CT molecular complexity index is 2670. The van der Waals surface area contributed by atoms with Crippen LogP contribution < -0.4 is 0 Å². The van der Waals surface area contributed by atoms with Crippen LogP contribution in [0.15, 0.2) is 95.9 Å². The predicted octanol–water partition coefficient (Wildman–Crippen LogP) is 6.79. The Hall–Kier alpha value is -4.90. The van der Waals surface area contributed by atoms with Crippen molar-refractivity contribution in [3.8, 4) is 45.6 Å². The number of aromatic nitrogens is 8. The molecule has 9 rings (SSSR count). The van der Waals surface area contributed by atoms with Crippen LogP contribution in [0.5, 0.6) is 0 Å². The van der Waals surface area contributed by atoms with Gasteiger partial charge in [0.25, 0.3) is 9.05 Å². The van der Waals surface area contributed by atoms with Crippen molar-refractivity contribution >= 4 is 63.9 Å². The van der Waals surface area contributed by atoms with Crippen molar-refractivity contribution in [2.24, 2.45) is 0 Å². The van der Waals surface area contributed by atoms with Crippen LogP contribution >= 0.6 is 10.7 Å². The fourth-order valence-corrected chi connectivity index (χ4v) is 6.94. The van der Waals surface area contributed by atoms with Crippen molar-refractivity contribution in [2.75, 3.05) is 0 Å². The molecular formula is C32H17ClN8O2SZn. The first-order valence-corrected chi connectivity index (χ1v) is 15.9. The minimum atomic E-state index is -4.14. The molecule has 0 aliphatic carbocycles. The topological polar surface area (TPSA) is 143 Å². The number of aromatic amines is 2. The monoisotopic (exact) mass is 676 g/mol. The van der Waals surface area contributed by atoms with Crippen LogP contribution in [0.4, 0.5) is 0 Å². The van der Waals surface area contributed by atoms with E-state index in [1.807, 2.05) is 72.8 Å². The Morgan fingerprint density at radius 2 is 0.844 bits per heavy atom. The minimum absolute atomic E-state index is 0. The van der Waals surface area contributed by atoms with Crippen molar-refractivity contribution in [2.45, 2.75) is 4.90 Å². The zero-order chi connectivity index (χ0) is 29.6. The Labute approximate surface area is 271 Å². The maximum Gasteiger partial charge on any atom is 0.262 e. The van der Waals surface area contributed by atoms with Gasteiger partial charge in [0.1, 0.15) is 22.6 Å². The largest absolute Gasteiger partial charge is 0.324 e. The standard InChI is InChI=1S/C32H17ClN8O2S.Zn/c33-44(42,43)23-15-7-14-22-24(23)32-40-30-21-13-6-5-12-20(21)28(38-30)36-26-17-9-2-1-8-16(17)25(34-26)35-27-18-10-3-4-11-19(18)29(37-27)39-31(22)41-32;/h1-15H,(H2,34,35,36,37,38,39,40,41);. The number of hydrogen-bond donors (Lipinski definition) is 2. The summed E-state index contributed by atoms with van der Waals surface area (Å²) in [5.74, 6) is 1.71. The van der Waals surface area contributed by atoms with E-state index in [1.165, 1.54) is 6.07 Å². The number of nitrogens with one attached hydrogen (secondary N) is 2. The molecule has 0 unspecified atom stereocenters. The van der Waals surface area contributed by atoms with E-state index < -0.39 is 9.05 Å². The second-order valence-corrected chi connectivity index (χ2v) is 12.9. The molecule has 0 radical (unpaired) electrons. The number of H-pyrrole nitrogens is 2. The van der Waals surface area contributed by atoms with Gasteiger partial charge in [0.05, 0.1) is 4.90 Å². The number of halogens is 1. The summed E-state index contributed by atoms with van der Waals surface area (Å²) in [4.78, 5) is 35.9. The summed E-state index contributed by atoms with van der Waals surface area (Å²) in [6.45, 7) is 0. The summed E-state index contributed by atoms with van der Waals surface area (Å²) >= 11 is 0. The van der Waals surface area contributed by atoms with Gasteiger partial charge in [-0.2, -0.15) is 0 Å². The van der Waals surface area contributed by atoms with Crippen LogP contribution in [-0.2, 0) is 28.5 Å². The maximum atomic E-state index is 12.7. The molecule has 8 bridgehead atoms. The zero-order valence-corrected chi connectivity index (χ0v) is 27.7. The van der Waals surface area contributed by atoms with Gasteiger partial charge < -0.3 is 9.97 Å². The van der Waals surface area contributed by atoms with Gasteiger partial charge >= 0.3 is 0 Å². The third-order valence-corrected chi connectivity index (χ3v) is 9.17. The van der Waals surface area contributed by atoms with E-state index in [9.17, 15) is 8.42 Å². The van der Waals surface area contributed by atoms with Crippen LogP contribution in [0.2, 0.25) is 0 Å². The number of benzene rings is 4. The molecule has 4 aromatic carbocycles. The molecule has 0 amide bonds. The van der Waals surface area contributed by atoms with Crippen molar-refractivity contribution in [1.82, 2.24) is 39.9 Å². The Balaban J connectivity index is 0.00000300. The summed E-state index contributed by atoms with van der Waals surface area (Å²) in [5, 5.41) is 2.58. The van der Waals surface area contributed by atoms with Crippen LogP contribution in [0.1, 0.15) is 0 Å². The number of nitrogens with zero attached hydrogens (tertiary/aromatic N) is 6. The van der Waals surface area contributed by atoms with Crippen LogP contribution in [-0.4, -0.2) is 48.3 Å². The molecule has 13 heteroatoms. The molecule has 0 saturated heterocycles. The summed E-state index contributed by atoms with van der Waals surface area (Å²) in [5.41, 5.74) is 4.93. The van der Waals surface area contributed by atoms with Gasteiger partial charge in [-0.15, -0.1) is 0 Å². The van der Waals surface area contributed by atoms with Gasteiger partial charge in [-0.3, -0.25) is 0 Å². The minimum Gasteiger partial charge on any atom is -0.324 e. The van der Waals surface area contributed by atoms with E-state index in [-0.39, 0.29) is 30.0 Å². The first kappa shape index (κ1) is 27.6. The van der Waals surface area contributed by atoms with Crippen LogP contribution in [0.3, 0.4) is 0 Å². The quantitative estimate of drug-likeness (QED) is 0.143. The number of fused-ring (bicyclic) bond motifs is 20. The zero-order valence-electron chi connectivity index (χ0n) is 23.2. The summed E-state index contributed by atoms with van der Waals surface area (Å²) in [6, 6.07) is 28.0. The van der Waals surface area contributed by atoms with Crippen LogP contribution in [0.25, 0.3) is 89.7 Å². The van der Waals surface area contributed by atoms with E-state index >= 15 is 0 Å².